The van der Waals surface area contributed by atoms with E-state index in [1.54, 1.807) is 0 Å². The van der Waals surface area contributed by atoms with Gasteiger partial charge in [0.05, 0.1) is 4.92 Å². The number of aromatic hydroxyl groups is 1. The van der Waals surface area contributed by atoms with E-state index in [0.717, 1.165) is 11.1 Å². The summed E-state index contributed by atoms with van der Waals surface area (Å²) in [6.07, 6.45) is 1.36. The number of nitrogens with zero attached hydrogens (tertiary/aromatic N) is 1. The van der Waals surface area contributed by atoms with E-state index in [9.17, 15) is 14.9 Å². The molecular weight excluding hydrogens is 332 g/mol. The molecule has 2 N–H and O–H groups in total. The summed E-state index contributed by atoms with van der Waals surface area (Å²) >= 11 is 0. The van der Waals surface area contributed by atoms with Gasteiger partial charge >= 0.3 is 0 Å². The van der Waals surface area contributed by atoms with Crippen molar-refractivity contribution in [2.75, 3.05) is 6.54 Å². The highest BCUT2D eigenvalue weighted by atomic mass is 16.6. The van der Waals surface area contributed by atoms with Crippen LogP contribution < -0.4 is 5.32 Å². The molecule has 0 aliphatic carbocycles. The first kappa shape index (κ1) is 22.9. The Kier molecular flexibility index (Phi) is 10.8. The Morgan fingerprint density at radius 2 is 1.92 bits per heavy atom. The molecule has 0 saturated heterocycles. The molecule has 6 heteroatoms. The van der Waals surface area contributed by atoms with Gasteiger partial charge in [0, 0.05) is 29.8 Å². The van der Waals surface area contributed by atoms with Crippen molar-refractivity contribution in [3.63, 3.8) is 0 Å². The number of amides is 1. The van der Waals surface area contributed by atoms with Crippen LogP contribution in [0.2, 0.25) is 0 Å². The Balaban J connectivity index is 0.000000439. The van der Waals surface area contributed by atoms with Crippen molar-refractivity contribution in [1.82, 2.24) is 5.32 Å². The first-order chi connectivity index (χ1) is 12.4. The highest BCUT2D eigenvalue weighted by molar-refractivity contribution is 5.94. The van der Waals surface area contributed by atoms with Gasteiger partial charge in [0.25, 0.3) is 11.6 Å². The molecule has 26 heavy (non-hydrogen) atoms. The lowest BCUT2D eigenvalue weighted by Gasteiger charge is -2.01. The largest absolute Gasteiger partial charge is 0.507 e. The predicted octanol–water partition coefficient (Wildman–Crippen LogP) is 4.71. The molecule has 2 rings (SSSR count). The average Bonchev–Trinajstić information content (AvgIpc) is 2.64. The average molecular weight is 358 g/mol. The number of hydrogen-bond acceptors (Lipinski definition) is 4. The third kappa shape index (κ3) is 7.61. The smallest absolute Gasteiger partial charge is 0.270 e. The fraction of sp³-hybridized carbons (Fsp3) is 0.250. The van der Waals surface area contributed by atoms with E-state index in [2.05, 4.69) is 11.9 Å². The maximum absolute atomic E-state index is 11.3. The zero-order valence-electron chi connectivity index (χ0n) is 15.7. The van der Waals surface area contributed by atoms with Crippen molar-refractivity contribution in [3.05, 3.63) is 75.8 Å². The topological polar surface area (TPSA) is 92.5 Å². The quantitative estimate of drug-likeness (QED) is 0.611. The number of hydrogen-bond donors (Lipinski definition) is 2. The Morgan fingerprint density at radius 3 is 2.42 bits per heavy atom. The molecule has 0 unspecified atom stereocenters. The van der Waals surface area contributed by atoms with Gasteiger partial charge in [-0.25, -0.2) is 0 Å². The second-order valence-electron chi connectivity index (χ2n) is 4.93. The third-order valence-electron chi connectivity index (χ3n) is 3.06. The summed E-state index contributed by atoms with van der Waals surface area (Å²) in [5.74, 6) is -0.00296. The van der Waals surface area contributed by atoms with Crippen molar-refractivity contribution in [2.24, 2.45) is 0 Å². The van der Waals surface area contributed by atoms with E-state index in [-0.39, 0.29) is 17.3 Å². The van der Waals surface area contributed by atoms with Crippen LogP contribution in [-0.4, -0.2) is 22.5 Å². The van der Waals surface area contributed by atoms with Gasteiger partial charge in [-0.15, -0.1) is 0 Å². The highest BCUT2D eigenvalue weighted by Gasteiger charge is 2.07. The minimum atomic E-state index is -0.521. The fourth-order valence-corrected chi connectivity index (χ4v) is 1.87. The Morgan fingerprint density at radius 1 is 1.27 bits per heavy atom. The van der Waals surface area contributed by atoms with Gasteiger partial charge in [0.15, 0.2) is 0 Å². The summed E-state index contributed by atoms with van der Waals surface area (Å²) < 4.78 is 0. The number of benzene rings is 2. The van der Waals surface area contributed by atoms with E-state index in [4.69, 9.17) is 5.11 Å². The van der Waals surface area contributed by atoms with Gasteiger partial charge in [-0.2, -0.15) is 0 Å². The lowest BCUT2D eigenvalue weighted by molar-refractivity contribution is -0.384. The molecule has 0 aromatic heterocycles. The molecule has 2 aromatic carbocycles. The normalized spacial score (nSPS) is 8.92. The number of phenolic OH excluding ortho intramolecular Hbond substituents is 1. The monoisotopic (exact) mass is 358 g/mol. The standard InChI is InChI=1S/C10H13NO.C8H7NO3.C2H6/c1-3-11-10(12)9-6-4-5-8(2)7-9;1-2-6-5-7(9(11)12)3-4-8(6)10;1-2/h4-7H,3H2,1-2H3,(H,11,12);2-5,10H,1H2;1-2H3. The summed E-state index contributed by atoms with van der Waals surface area (Å²) in [7, 11) is 0. The molecule has 0 fully saturated rings. The second kappa shape index (κ2) is 12.2. The first-order valence-electron chi connectivity index (χ1n) is 8.33. The Hall–Kier alpha value is -3.15. The van der Waals surface area contributed by atoms with E-state index < -0.39 is 4.92 Å². The number of nitrogens with one attached hydrogen (secondary N) is 1. The van der Waals surface area contributed by atoms with Crippen LogP contribution in [0.3, 0.4) is 0 Å². The van der Waals surface area contributed by atoms with Gasteiger partial charge in [-0.05, 0) is 32.0 Å². The second-order valence-corrected chi connectivity index (χ2v) is 4.93. The first-order valence-corrected chi connectivity index (χ1v) is 8.33. The molecule has 6 nitrogen and oxygen atoms in total. The van der Waals surface area contributed by atoms with Crippen LogP contribution in [0.5, 0.6) is 5.75 Å². The summed E-state index contributed by atoms with van der Waals surface area (Å²) in [5, 5.41) is 22.1. The number of carbonyl (C=O) groups excluding carboxylic acids is 1. The summed E-state index contributed by atoms with van der Waals surface area (Å²) in [4.78, 5) is 21.0. The zero-order valence-corrected chi connectivity index (χ0v) is 15.7. The van der Waals surface area contributed by atoms with Crippen LogP contribution in [0.1, 0.15) is 42.3 Å². The van der Waals surface area contributed by atoms with E-state index >= 15 is 0 Å². The van der Waals surface area contributed by atoms with Gasteiger partial charge in [-0.3, -0.25) is 14.9 Å². The molecule has 0 atom stereocenters. The van der Waals surface area contributed by atoms with Crippen molar-refractivity contribution in [3.8, 4) is 5.75 Å². The molecule has 0 aliphatic heterocycles. The Bertz CT molecular complexity index is 742. The van der Waals surface area contributed by atoms with E-state index in [0.29, 0.717) is 12.1 Å². The lowest BCUT2D eigenvalue weighted by atomic mass is 10.1. The predicted molar refractivity (Wildman–Crippen MR) is 105 cm³/mol. The number of carbonyl (C=O) groups is 1. The SMILES string of the molecule is C=Cc1cc([N+](=O)[O-])ccc1O.CC.CCNC(=O)c1cccc(C)c1. The molecule has 0 bridgehead atoms. The molecule has 2 aromatic rings. The number of rotatable bonds is 4. The zero-order chi connectivity index (χ0) is 20.1. The summed E-state index contributed by atoms with van der Waals surface area (Å²) in [6, 6.07) is 11.3. The van der Waals surface area contributed by atoms with E-state index in [1.165, 1.54) is 24.3 Å². The lowest BCUT2D eigenvalue weighted by Crippen LogP contribution is -2.22. The molecule has 0 radical (unpaired) electrons. The maximum atomic E-state index is 11.3. The molecule has 0 saturated carbocycles. The van der Waals surface area contributed by atoms with Gasteiger partial charge in [0.2, 0.25) is 0 Å². The van der Waals surface area contributed by atoms with Crippen LogP contribution >= 0.6 is 0 Å². The third-order valence-corrected chi connectivity index (χ3v) is 3.06. The van der Waals surface area contributed by atoms with Crippen molar-refractivity contribution in [1.29, 1.82) is 0 Å². The molecule has 1 amide bonds. The number of aryl methyl sites for hydroxylation is 1. The fourth-order valence-electron chi connectivity index (χ4n) is 1.87. The van der Waals surface area contributed by atoms with Crippen LogP contribution in [0.25, 0.3) is 6.08 Å². The number of nitro groups is 1. The van der Waals surface area contributed by atoms with E-state index in [1.807, 2.05) is 52.0 Å². The molecular formula is C20H26N2O4. The van der Waals surface area contributed by atoms with Crippen LogP contribution in [0.4, 0.5) is 5.69 Å². The molecule has 140 valence electrons. The number of non-ortho nitro benzene ring substituents is 1. The van der Waals surface area contributed by atoms with Gasteiger partial charge < -0.3 is 10.4 Å². The number of phenols is 1. The Labute approximate surface area is 154 Å². The summed E-state index contributed by atoms with van der Waals surface area (Å²) in [5.41, 5.74) is 2.16. The van der Waals surface area contributed by atoms with Crippen molar-refractivity contribution in [2.45, 2.75) is 27.7 Å². The van der Waals surface area contributed by atoms with Crippen molar-refractivity contribution >= 4 is 17.7 Å². The van der Waals surface area contributed by atoms with Gasteiger partial charge in [-0.1, -0.05) is 44.2 Å². The van der Waals surface area contributed by atoms with Crippen LogP contribution in [-0.2, 0) is 0 Å². The van der Waals surface area contributed by atoms with Gasteiger partial charge in [0.1, 0.15) is 5.75 Å². The molecule has 0 aliphatic rings. The molecule has 0 spiro atoms. The van der Waals surface area contributed by atoms with Crippen LogP contribution in [0.15, 0.2) is 49.0 Å². The van der Waals surface area contributed by atoms with Crippen LogP contribution in [0, 0.1) is 17.0 Å². The highest BCUT2D eigenvalue weighted by Crippen LogP contribution is 2.23. The maximum Gasteiger partial charge on any atom is 0.270 e. The summed E-state index contributed by atoms with van der Waals surface area (Å²) in [6.45, 7) is 12.0. The minimum Gasteiger partial charge on any atom is -0.507 e. The minimum absolute atomic E-state index is 0.00111. The van der Waals surface area contributed by atoms with Crippen molar-refractivity contribution < 1.29 is 14.8 Å². The molecule has 0 heterocycles. The number of nitro benzene ring substituents is 1.